The van der Waals surface area contributed by atoms with Gasteiger partial charge < -0.3 is 14.6 Å². The summed E-state index contributed by atoms with van der Waals surface area (Å²) in [5.41, 5.74) is 9.50. The van der Waals surface area contributed by atoms with Gasteiger partial charge >= 0.3 is 0 Å². The number of hydrogen-bond acceptors (Lipinski definition) is 4. The van der Waals surface area contributed by atoms with E-state index in [1.165, 1.54) is 27.9 Å². The van der Waals surface area contributed by atoms with Crippen molar-refractivity contribution in [3.8, 4) is 5.75 Å². The molecule has 0 saturated carbocycles. The first-order valence-electron chi connectivity index (χ1n) is 12.4. The lowest BCUT2D eigenvalue weighted by atomic mass is 9.89. The molecule has 178 valence electrons. The fourth-order valence-corrected chi connectivity index (χ4v) is 5.74. The highest BCUT2D eigenvalue weighted by Gasteiger charge is 2.38. The van der Waals surface area contributed by atoms with Crippen molar-refractivity contribution in [1.82, 2.24) is 19.8 Å². The van der Waals surface area contributed by atoms with Crippen molar-refractivity contribution in [2.24, 2.45) is 0 Å². The highest BCUT2D eigenvalue weighted by molar-refractivity contribution is 5.85. The summed E-state index contributed by atoms with van der Waals surface area (Å²) in [6.07, 6.45) is 7.64. The number of benzene rings is 1. The van der Waals surface area contributed by atoms with Gasteiger partial charge in [-0.1, -0.05) is 18.2 Å². The Morgan fingerprint density at radius 2 is 2.15 bits per heavy atom. The van der Waals surface area contributed by atoms with E-state index in [1.807, 2.05) is 6.20 Å². The third-order valence-electron chi connectivity index (χ3n) is 7.43. The molecule has 1 fully saturated rings. The Morgan fingerprint density at radius 3 is 2.91 bits per heavy atom. The molecule has 6 rings (SSSR count). The number of para-hydroxylation sites is 1. The molecule has 0 unspecified atom stereocenters. The minimum Gasteiger partial charge on any atom is -0.487 e. The van der Waals surface area contributed by atoms with Gasteiger partial charge in [-0.05, 0) is 56.0 Å². The highest BCUT2D eigenvalue weighted by Crippen LogP contribution is 2.43. The molecular formula is C28H33FN4O. The van der Waals surface area contributed by atoms with Crippen LogP contribution in [0.25, 0.3) is 10.9 Å². The van der Waals surface area contributed by atoms with Crippen LogP contribution in [-0.2, 0) is 6.42 Å². The molecule has 2 aliphatic heterocycles. The van der Waals surface area contributed by atoms with Crippen LogP contribution >= 0.6 is 0 Å². The van der Waals surface area contributed by atoms with Crippen molar-refractivity contribution < 1.29 is 10.6 Å². The van der Waals surface area contributed by atoms with E-state index in [0.717, 1.165) is 50.3 Å². The maximum absolute atomic E-state index is 12.5. The largest absolute Gasteiger partial charge is 0.487 e. The zero-order valence-electron chi connectivity index (χ0n) is 19.6. The van der Waals surface area contributed by atoms with E-state index in [9.17, 15) is 4.39 Å². The maximum atomic E-state index is 12.5. The van der Waals surface area contributed by atoms with Crippen molar-refractivity contribution in [2.75, 3.05) is 26.3 Å². The SMILES string of the molecule is C[C@@H]1Cc2c([nH]c3ccccc23)[C@@H](c2ccc(O[C@H]3CCN(CCCF)C3)cn2)N1C1=C=CC1.[HH]. The lowest BCUT2D eigenvalue weighted by Gasteiger charge is -2.43. The number of fused-ring (bicyclic) bond motifs is 3. The number of ether oxygens (including phenoxy) is 1. The van der Waals surface area contributed by atoms with Crippen LogP contribution in [0.15, 0.2) is 60.1 Å². The van der Waals surface area contributed by atoms with Gasteiger partial charge in [0.15, 0.2) is 0 Å². The van der Waals surface area contributed by atoms with Crippen LogP contribution in [0, 0.1) is 0 Å². The fourth-order valence-electron chi connectivity index (χ4n) is 5.74. The molecular weight excluding hydrogens is 427 g/mol. The molecule has 5 nitrogen and oxygen atoms in total. The molecule has 2 aromatic heterocycles. The number of rotatable bonds is 7. The summed E-state index contributed by atoms with van der Waals surface area (Å²) in [5, 5.41) is 1.31. The van der Waals surface area contributed by atoms with Gasteiger partial charge in [0.1, 0.15) is 17.9 Å². The Bertz CT molecular complexity index is 1250. The average Bonchev–Trinajstić information content (AvgIpc) is 3.42. The van der Waals surface area contributed by atoms with Gasteiger partial charge in [0.05, 0.1) is 24.3 Å². The summed E-state index contributed by atoms with van der Waals surface area (Å²) in [5.74, 6) is 0.802. The van der Waals surface area contributed by atoms with Gasteiger partial charge in [-0.3, -0.25) is 14.3 Å². The number of nitrogens with zero attached hydrogens (tertiary/aromatic N) is 3. The monoisotopic (exact) mass is 460 g/mol. The number of alkyl halides is 1. The molecule has 1 N–H and O–H groups in total. The van der Waals surface area contributed by atoms with E-state index in [1.54, 1.807) is 0 Å². The first kappa shape index (κ1) is 21.5. The molecule has 0 bridgehead atoms. The maximum Gasteiger partial charge on any atom is 0.138 e. The number of hydrogen-bond donors (Lipinski definition) is 1. The molecule has 0 spiro atoms. The van der Waals surface area contributed by atoms with Crippen LogP contribution in [0.5, 0.6) is 5.75 Å². The predicted molar refractivity (Wildman–Crippen MR) is 134 cm³/mol. The average molecular weight is 461 g/mol. The van der Waals surface area contributed by atoms with Gasteiger partial charge in [-0.25, -0.2) is 0 Å². The summed E-state index contributed by atoms with van der Waals surface area (Å²) in [4.78, 5) is 13.4. The van der Waals surface area contributed by atoms with Crippen molar-refractivity contribution >= 4 is 10.9 Å². The first-order valence-corrected chi connectivity index (χ1v) is 12.4. The van der Waals surface area contributed by atoms with E-state index in [-0.39, 0.29) is 20.2 Å². The summed E-state index contributed by atoms with van der Waals surface area (Å²) in [6.45, 7) is 4.68. The lowest BCUT2D eigenvalue weighted by Crippen LogP contribution is -2.42. The Kier molecular flexibility index (Phi) is 5.64. The van der Waals surface area contributed by atoms with Gasteiger partial charge in [0.25, 0.3) is 0 Å². The summed E-state index contributed by atoms with van der Waals surface area (Å²) in [6, 6.07) is 13.1. The van der Waals surface area contributed by atoms with Crippen LogP contribution < -0.4 is 4.74 Å². The highest BCUT2D eigenvalue weighted by atomic mass is 19.1. The third kappa shape index (κ3) is 3.81. The zero-order valence-corrected chi connectivity index (χ0v) is 19.6. The molecule has 4 heterocycles. The van der Waals surface area contributed by atoms with Crippen LogP contribution in [0.4, 0.5) is 4.39 Å². The van der Waals surface area contributed by atoms with Crippen molar-refractivity contribution in [2.45, 2.75) is 50.8 Å². The van der Waals surface area contributed by atoms with E-state index in [0.29, 0.717) is 12.5 Å². The van der Waals surface area contributed by atoms with E-state index < -0.39 is 0 Å². The van der Waals surface area contributed by atoms with E-state index in [2.05, 4.69) is 69.9 Å². The second-order valence-electron chi connectivity index (χ2n) is 9.72. The second-order valence-corrected chi connectivity index (χ2v) is 9.72. The third-order valence-corrected chi connectivity index (χ3v) is 7.43. The molecule has 3 atom stereocenters. The standard InChI is InChI=1S/C28H31FN4O.H2/c1-19-16-24-23-8-2-3-9-25(23)31-27(24)28(33(19)20-6-4-7-20)26-11-10-21(17-30-26)34-22-12-15-32(18-22)14-5-13-29;/h2-4,8-11,17,19,22,28,31H,5-6,12-16,18H2,1H3;1H/t19-,22+,28-;/m1./s1. The molecule has 1 aliphatic carbocycles. The van der Waals surface area contributed by atoms with Crippen molar-refractivity contribution in [3.63, 3.8) is 0 Å². The van der Waals surface area contributed by atoms with Crippen molar-refractivity contribution in [1.29, 1.82) is 0 Å². The topological polar surface area (TPSA) is 44.4 Å². The number of halogens is 1. The van der Waals surface area contributed by atoms with E-state index in [4.69, 9.17) is 9.72 Å². The number of nitrogens with one attached hydrogen (secondary N) is 1. The van der Waals surface area contributed by atoms with Gasteiger partial charge in [0, 0.05) is 50.1 Å². The predicted octanol–water partition coefficient (Wildman–Crippen LogP) is 5.40. The molecule has 1 aromatic carbocycles. The zero-order chi connectivity index (χ0) is 23.1. The van der Waals surface area contributed by atoms with E-state index >= 15 is 0 Å². The molecule has 0 radical (unpaired) electrons. The number of pyridine rings is 1. The quantitative estimate of drug-likeness (QED) is 0.480. The first-order chi connectivity index (χ1) is 16.7. The smallest absolute Gasteiger partial charge is 0.138 e. The Hall–Kier alpha value is -3.08. The molecule has 0 amide bonds. The Balaban J connectivity index is 0.00000253. The molecule has 34 heavy (non-hydrogen) atoms. The normalized spacial score (nSPS) is 24.2. The van der Waals surface area contributed by atoms with Gasteiger partial charge in [0.2, 0.25) is 0 Å². The minimum atomic E-state index is -0.255. The van der Waals surface area contributed by atoms with Crippen LogP contribution in [0.3, 0.4) is 0 Å². The second kappa shape index (κ2) is 8.94. The molecule has 6 heteroatoms. The summed E-state index contributed by atoms with van der Waals surface area (Å²) >= 11 is 0. The lowest BCUT2D eigenvalue weighted by molar-refractivity contribution is 0.189. The van der Waals surface area contributed by atoms with Crippen LogP contribution in [0.1, 0.15) is 50.6 Å². The van der Waals surface area contributed by atoms with Gasteiger partial charge in [-0.15, -0.1) is 5.73 Å². The summed E-state index contributed by atoms with van der Waals surface area (Å²) in [7, 11) is 0. The van der Waals surface area contributed by atoms with Crippen LogP contribution in [-0.4, -0.2) is 58.2 Å². The minimum absolute atomic E-state index is 0. The fraction of sp³-hybridized carbons (Fsp3) is 0.429. The number of aromatic amines is 1. The van der Waals surface area contributed by atoms with Crippen molar-refractivity contribution in [3.05, 3.63) is 77.1 Å². The molecule has 3 aromatic rings. The van der Waals surface area contributed by atoms with Gasteiger partial charge in [-0.2, -0.15) is 0 Å². The molecule has 1 saturated heterocycles. The Labute approximate surface area is 201 Å². The Morgan fingerprint density at radius 1 is 1.26 bits per heavy atom. The summed E-state index contributed by atoms with van der Waals surface area (Å²) < 4.78 is 18.7. The molecule has 3 aliphatic rings. The number of H-pyrrole nitrogens is 1. The van der Waals surface area contributed by atoms with Crippen LogP contribution in [0.2, 0.25) is 0 Å². The number of likely N-dealkylation sites (tertiary alicyclic amines) is 1. The number of aromatic nitrogens is 2.